The van der Waals surface area contributed by atoms with Gasteiger partial charge in [-0.2, -0.15) is 26.3 Å². The molecule has 0 aliphatic heterocycles. The number of hydrogen-bond donors (Lipinski definition) is 0. The van der Waals surface area contributed by atoms with Crippen molar-refractivity contribution in [3.8, 4) is 11.5 Å². The molecule has 0 saturated carbocycles. The number of ether oxygens (including phenoxy) is 1. The first-order chi connectivity index (χ1) is 33.4. The van der Waals surface area contributed by atoms with E-state index in [1.54, 1.807) is 62.4 Å². The van der Waals surface area contributed by atoms with Crippen molar-refractivity contribution in [3.63, 3.8) is 0 Å². The van der Waals surface area contributed by atoms with E-state index in [2.05, 4.69) is 13.8 Å². The summed E-state index contributed by atoms with van der Waals surface area (Å²) in [6.45, 7) is 15.2. The molecule has 4 nitrogen and oxygen atoms in total. The smallest absolute Gasteiger partial charge is 0.411 e. The van der Waals surface area contributed by atoms with Gasteiger partial charge in [0.1, 0.15) is 11.5 Å². The highest BCUT2D eigenvalue weighted by Crippen LogP contribution is 2.56. The van der Waals surface area contributed by atoms with E-state index in [0.29, 0.717) is 20.9 Å². The summed E-state index contributed by atoms with van der Waals surface area (Å²) in [6, 6.07) is 53.8. The molecule has 11 heteroatoms. The van der Waals surface area contributed by atoms with Gasteiger partial charge in [0.2, 0.25) is 15.3 Å². The summed E-state index contributed by atoms with van der Waals surface area (Å²) in [5.74, 6) is 1.84. The predicted octanol–water partition coefficient (Wildman–Crippen LogP) is 18.4. The van der Waals surface area contributed by atoms with E-state index in [0.717, 1.165) is 58.0 Å². The molecule has 0 amide bonds. The van der Waals surface area contributed by atoms with Gasteiger partial charge in [0.15, 0.2) is 5.78 Å². The molecular formula is C63H68F6O4S. The Morgan fingerprint density at radius 1 is 0.338 bits per heavy atom. The number of rotatable bonds is 8. The molecule has 0 spiro atoms. The fourth-order valence-corrected chi connectivity index (χ4v) is 8.35. The lowest BCUT2D eigenvalue weighted by atomic mass is 9.72. The van der Waals surface area contributed by atoms with Crippen LogP contribution in [0.15, 0.2) is 204 Å². The van der Waals surface area contributed by atoms with E-state index in [1.807, 2.05) is 125 Å². The molecule has 0 unspecified atom stereocenters. The van der Waals surface area contributed by atoms with Crippen LogP contribution in [-0.2, 0) is 15.3 Å². The Balaban J connectivity index is 0.000000338. The molecule has 8 aromatic carbocycles. The lowest BCUT2D eigenvalue weighted by molar-refractivity contribution is -0.288. The van der Waals surface area contributed by atoms with Gasteiger partial charge in [-0.1, -0.05) is 212 Å². The molecule has 0 N–H and O–H groups in total. The first kappa shape index (κ1) is 62.9. The largest absolute Gasteiger partial charge is 0.457 e. The number of sulfone groups is 1. The highest BCUT2D eigenvalue weighted by molar-refractivity contribution is 7.91. The van der Waals surface area contributed by atoms with Gasteiger partial charge in [-0.15, -0.1) is 0 Å². The Labute approximate surface area is 435 Å². The third-order valence-electron chi connectivity index (χ3n) is 11.4. The quantitative estimate of drug-likeness (QED) is 0.112. The van der Waals surface area contributed by atoms with Crippen LogP contribution >= 0.6 is 0 Å². The monoisotopic (exact) mass is 1030 g/mol. The number of carbonyl (C=O) groups is 1. The summed E-state index contributed by atoms with van der Waals surface area (Å²) >= 11 is 0. The lowest BCUT2D eigenvalue weighted by Gasteiger charge is -2.38. The van der Waals surface area contributed by atoms with E-state index in [9.17, 15) is 39.6 Å². The standard InChI is InChI=1S/C17H14F6.C15H14O.C14H14O2S.C14H14O.3CH4/c1-11-3-7-13(8-4-11)15(16(18,19)20,17(21,22)23)14-9-5-12(2)6-10-14;1-11-3-7-13(8-4-11)15(16)14-9-5-12(2)6-10-14;1-11-3-7-13(8-4-11)17(15,16)14-9-5-12(2)6-10-14;1-11-3-7-13(8-4-11)15-14-9-5-12(2)6-10-14;;;/h3-10H,1-2H3;3-10H,1-2H3;3-10H,1-2H3;3-10H,1-2H3;3*1H4. The van der Waals surface area contributed by atoms with Crippen LogP contribution < -0.4 is 4.74 Å². The Bertz CT molecular complexity index is 2850. The van der Waals surface area contributed by atoms with Gasteiger partial charge in [0.05, 0.1) is 9.79 Å². The number of hydrogen-bond acceptors (Lipinski definition) is 4. The van der Waals surface area contributed by atoms with Gasteiger partial charge in [0, 0.05) is 11.1 Å². The van der Waals surface area contributed by atoms with Crippen LogP contribution in [0.3, 0.4) is 0 Å². The second-order valence-electron chi connectivity index (χ2n) is 17.4. The molecule has 0 fully saturated rings. The zero-order valence-electron chi connectivity index (χ0n) is 40.8. The van der Waals surface area contributed by atoms with E-state index in [1.165, 1.54) is 46.5 Å². The van der Waals surface area contributed by atoms with Crippen molar-refractivity contribution in [1.82, 2.24) is 0 Å². The van der Waals surface area contributed by atoms with Crippen molar-refractivity contribution in [1.29, 1.82) is 0 Å². The summed E-state index contributed by atoms with van der Waals surface area (Å²) in [7, 11) is -3.37. The van der Waals surface area contributed by atoms with Crippen molar-refractivity contribution < 1.29 is 44.3 Å². The molecule has 0 radical (unpaired) electrons. The number of aryl methyl sites for hydroxylation is 8. The van der Waals surface area contributed by atoms with E-state index in [-0.39, 0.29) is 28.1 Å². The van der Waals surface area contributed by atoms with Crippen LogP contribution in [0.4, 0.5) is 26.3 Å². The van der Waals surface area contributed by atoms with E-state index in [4.69, 9.17) is 4.74 Å². The first-order valence-electron chi connectivity index (χ1n) is 22.6. The lowest BCUT2D eigenvalue weighted by Crippen LogP contribution is -2.54. The van der Waals surface area contributed by atoms with Crippen LogP contribution in [0, 0.1) is 55.4 Å². The number of alkyl halides is 6. The molecule has 74 heavy (non-hydrogen) atoms. The molecule has 0 aromatic heterocycles. The molecule has 0 aliphatic carbocycles. The SMILES string of the molecule is C.C.C.Cc1ccc(C(=O)c2ccc(C)cc2)cc1.Cc1ccc(C(c2ccc(C)cc2)(C(F)(F)F)C(F)(F)F)cc1.Cc1ccc(Oc2ccc(C)cc2)cc1.Cc1ccc(S(=O)(=O)c2ccc(C)cc2)cc1. The van der Waals surface area contributed by atoms with Crippen molar-refractivity contribution in [2.24, 2.45) is 0 Å². The maximum absolute atomic E-state index is 13.7. The molecule has 392 valence electrons. The van der Waals surface area contributed by atoms with Crippen LogP contribution in [-0.4, -0.2) is 26.6 Å². The molecule has 8 rings (SSSR count). The average molecular weight is 1040 g/mol. The molecule has 0 saturated heterocycles. The second-order valence-corrected chi connectivity index (χ2v) is 19.3. The van der Waals surface area contributed by atoms with Crippen LogP contribution in [0.2, 0.25) is 0 Å². The maximum atomic E-state index is 13.7. The molecule has 0 aliphatic rings. The highest BCUT2D eigenvalue weighted by atomic mass is 32.2. The van der Waals surface area contributed by atoms with Crippen molar-refractivity contribution >= 4 is 15.6 Å². The topological polar surface area (TPSA) is 60.4 Å². The summed E-state index contributed by atoms with van der Waals surface area (Å²) in [6.07, 6.45) is -11.1. The van der Waals surface area contributed by atoms with Gasteiger partial charge < -0.3 is 4.74 Å². The normalized spacial score (nSPS) is 10.9. The minimum atomic E-state index is -5.53. The Morgan fingerprint density at radius 2 is 0.541 bits per heavy atom. The van der Waals surface area contributed by atoms with E-state index < -0.39 is 38.7 Å². The summed E-state index contributed by atoms with van der Waals surface area (Å²) in [5.41, 5.74) is 3.83. The fraction of sp³-hybridized carbons (Fsp3) is 0.222. The van der Waals surface area contributed by atoms with Crippen LogP contribution in [0.5, 0.6) is 11.5 Å². The number of carbonyl (C=O) groups excluding carboxylic acids is 1. The van der Waals surface area contributed by atoms with Crippen molar-refractivity contribution in [2.45, 2.75) is 105 Å². The predicted molar refractivity (Wildman–Crippen MR) is 291 cm³/mol. The number of ketones is 1. The summed E-state index contributed by atoms with van der Waals surface area (Å²) < 4.78 is 113. The zero-order chi connectivity index (χ0) is 52.1. The average Bonchev–Trinajstić information content (AvgIpc) is 3.32. The summed E-state index contributed by atoms with van der Waals surface area (Å²) in [5, 5.41) is 0. The van der Waals surface area contributed by atoms with Crippen molar-refractivity contribution in [2.75, 3.05) is 0 Å². The zero-order valence-corrected chi connectivity index (χ0v) is 41.6. The third kappa shape index (κ3) is 16.4. The van der Waals surface area contributed by atoms with Crippen LogP contribution in [0.25, 0.3) is 0 Å². The Kier molecular flexibility index (Phi) is 23.1. The van der Waals surface area contributed by atoms with Gasteiger partial charge in [-0.05, 0) is 115 Å². The van der Waals surface area contributed by atoms with Crippen molar-refractivity contribution in [3.05, 3.63) is 261 Å². The molecule has 8 aromatic rings. The van der Waals surface area contributed by atoms with Gasteiger partial charge in [-0.25, -0.2) is 8.42 Å². The molecular weight excluding hydrogens is 967 g/mol. The fourth-order valence-electron chi connectivity index (χ4n) is 7.09. The molecule has 0 atom stereocenters. The van der Waals surface area contributed by atoms with Crippen LogP contribution in [0.1, 0.15) is 93.8 Å². The Morgan fingerprint density at radius 3 is 0.770 bits per heavy atom. The van der Waals surface area contributed by atoms with Gasteiger partial charge in [-0.3, -0.25) is 4.79 Å². The van der Waals surface area contributed by atoms with Gasteiger partial charge >= 0.3 is 12.4 Å². The Hall–Kier alpha value is -7.24. The van der Waals surface area contributed by atoms with Gasteiger partial charge in [0.25, 0.3) is 0 Å². The van der Waals surface area contributed by atoms with E-state index >= 15 is 0 Å². The minimum absolute atomic E-state index is 0. The first-order valence-corrected chi connectivity index (χ1v) is 24.0. The second kappa shape index (κ2) is 27.2. The number of halogens is 6. The maximum Gasteiger partial charge on any atom is 0.411 e. The highest BCUT2D eigenvalue weighted by Gasteiger charge is 2.72. The third-order valence-corrected chi connectivity index (χ3v) is 13.2. The minimum Gasteiger partial charge on any atom is -0.457 e. The summed E-state index contributed by atoms with van der Waals surface area (Å²) in [4.78, 5) is 12.7. The number of benzene rings is 8. The molecule has 0 bridgehead atoms. The molecule has 0 heterocycles.